The molecule has 5 nitrogen and oxygen atoms in total. The average molecular weight is 312 g/mol. The first kappa shape index (κ1) is 15.6. The molecule has 21 heavy (non-hydrogen) atoms. The molecule has 1 aromatic carbocycles. The Morgan fingerprint density at radius 1 is 1.29 bits per heavy atom. The Hall–Kier alpha value is -1.75. The van der Waals surface area contributed by atoms with Crippen LogP contribution in [0.3, 0.4) is 0 Å². The van der Waals surface area contributed by atoms with Gasteiger partial charge in [-0.2, -0.15) is 0 Å². The molecular weight excluding hydrogens is 294 g/mol. The summed E-state index contributed by atoms with van der Waals surface area (Å²) in [5.41, 5.74) is -0.0482. The number of hydrogen-bond acceptors (Lipinski definition) is 3. The van der Waals surface area contributed by atoms with Crippen LogP contribution in [0.2, 0.25) is 5.02 Å². The minimum atomic E-state index is -1.14. The largest absolute Gasteiger partial charge is 0.483 e. The highest BCUT2D eigenvalue weighted by atomic mass is 35.5. The molecule has 6 heteroatoms. The summed E-state index contributed by atoms with van der Waals surface area (Å²) in [4.78, 5) is 22.9. The van der Waals surface area contributed by atoms with Crippen LogP contribution < -0.4 is 10.1 Å². The lowest BCUT2D eigenvalue weighted by Crippen LogP contribution is -2.39. The monoisotopic (exact) mass is 311 g/mol. The highest BCUT2D eigenvalue weighted by Gasteiger charge is 2.17. The van der Waals surface area contributed by atoms with Crippen molar-refractivity contribution < 1.29 is 19.4 Å². The van der Waals surface area contributed by atoms with E-state index in [4.69, 9.17) is 21.4 Å². The van der Waals surface area contributed by atoms with Gasteiger partial charge in [-0.05, 0) is 31.0 Å². The number of ether oxygens (including phenoxy) is 1. The Bertz CT molecular complexity index is 526. The summed E-state index contributed by atoms with van der Waals surface area (Å²) < 4.78 is 5.31. The summed E-state index contributed by atoms with van der Waals surface area (Å²) in [5.74, 6) is -1.22. The Morgan fingerprint density at radius 2 is 2.00 bits per heavy atom. The van der Waals surface area contributed by atoms with Crippen LogP contribution in [-0.2, 0) is 4.79 Å². The Morgan fingerprint density at radius 3 is 2.67 bits per heavy atom. The van der Waals surface area contributed by atoms with Gasteiger partial charge >= 0.3 is 5.97 Å². The first-order valence-corrected chi connectivity index (χ1v) is 7.39. The van der Waals surface area contributed by atoms with E-state index < -0.39 is 5.97 Å². The van der Waals surface area contributed by atoms with Gasteiger partial charge in [0.15, 0.2) is 6.61 Å². The molecule has 1 aliphatic rings. The number of carbonyl (C=O) groups is 2. The molecule has 0 saturated heterocycles. The summed E-state index contributed by atoms with van der Waals surface area (Å²) >= 11 is 5.75. The number of rotatable bonds is 5. The summed E-state index contributed by atoms with van der Waals surface area (Å²) in [7, 11) is 0. The first-order chi connectivity index (χ1) is 10.1. The number of carboxylic acid groups (broad SMARTS) is 1. The molecule has 2 N–H and O–H groups in total. The standard InChI is InChI=1S/C15H18ClNO4/c16-10-6-7-13(12(8-10)15(19)20)21-9-14(18)17-11-4-2-1-3-5-11/h6-8,11H,1-5,9H2,(H,17,18)(H,19,20). The third-order valence-electron chi connectivity index (χ3n) is 3.50. The number of carbonyl (C=O) groups excluding carboxylic acids is 1. The average Bonchev–Trinajstić information content (AvgIpc) is 2.47. The molecule has 0 spiro atoms. The SMILES string of the molecule is O=C(COc1ccc(Cl)cc1C(=O)O)NC1CCCCC1. The lowest BCUT2D eigenvalue weighted by Gasteiger charge is -2.22. The summed E-state index contributed by atoms with van der Waals surface area (Å²) in [5, 5.41) is 12.3. The van der Waals surface area contributed by atoms with Gasteiger partial charge in [-0.1, -0.05) is 30.9 Å². The molecule has 1 aliphatic carbocycles. The minimum absolute atomic E-state index is 0.0482. The second kappa shape index (κ2) is 7.31. The van der Waals surface area contributed by atoms with E-state index in [0.29, 0.717) is 5.02 Å². The van der Waals surface area contributed by atoms with E-state index >= 15 is 0 Å². The number of benzene rings is 1. The van der Waals surface area contributed by atoms with Crippen LogP contribution in [0.15, 0.2) is 18.2 Å². The molecular formula is C15H18ClNO4. The molecule has 0 unspecified atom stereocenters. The Kier molecular flexibility index (Phi) is 5.44. The van der Waals surface area contributed by atoms with E-state index in [1.165, 1.54) is 24.6 Å². The lowest BCUT2D eigenvalue weighted by molar-refractivity contribution is -0.124. The maximum atomic E-state index is 11.8. The van der Waals surface area contributed by atoms with E-state index in [1.807, 2.05) is 0 Å². The quantitative estimate of drug-likeness (QED) is 0.876. The van der Waals surface area contributed by atoms with Gasteiger partial charge in [0.25, 0.3) is 5.91 Å². The van der Waals surface area contributed by atoms with Crippen molar-refractivity contribution >= 4 is 23.5 Å². The van der Waals surface area contributed by atoms with Crippen LogP contribution in [0.1, 0.15) is 42.5 Å². The number of aromatic carboxylic acids is 1. The van der Waals surface area contributed by atoms with Crippen LogP contribution >= 0.6 is 11.6 Å². The minimum Gasteiger partial charge on any atom is -0.483 e. The molecule has 0 bridgehead atoms. The van der Waals surface area contributed by atoms with Crippen LogP contribution in [0.25, 0.3) is 0 Å². The molecule has 0 atom stereocenters. The van der Waals surface area contributed by atoms with Crippen molar-refractivity contribution in [3.8, 4) is 5.75 Å². The van der Waals surface area contributed by atoms with E-state index in [2.05, 4.69) is 5.32 Å². The van der Waals surface area contributed by atoms with Gasteiger partial charge < -0.3 is 15.2 Å². The third-order valence-corrected chi connectivity index (χ3v) is 3.74. The van der Waals surface area contributed by atoms with Gasteiger partial charge in [-0.25, -0.2) is 4.79 Å². The molecule has 2 rings (SSSR count). The Labute approximate surface area is 128 Å². The Balaban J connectivity index is 1.90. The molecule has 0 aromatic heterocycles. The fraction of sp³-hybridized carbons (Fsp3) is 0.467. The second-order valence-corrected chi connectivity index (χ2v) is 5.57. The van der Waals surface area contributed by atoms with Gasteiger partial charge in [0.2, 0.25) is 0 Å². The van der Waals surface area contributed by atoms with E-state index in [0.717, 1.165) is 25.7 Å². The fourth-order valence-corrected chi connectivity index (χ4v) is 2.63. The lowest BCUT2D eigenvalue weighted by atomic mass is 9.95. The molecule has 114 valence electrons. The van der Waals surface area contributed by atoms with E-state index in [1.54, 1.807) is 0 Å². The third kappa shape index (κ3) is 4.63. The van der Waals surface area contributed by atoms with Gasteiger partial charge in [-0.15, -0.1) is 0 Å². The maximum absolute atomic E-state index is 11.8. The van der Waals surface area contributed by atoms with Crippen molar-refractivity contribution in [2.75, 3.05) is 6.61 Å². The number of halogens is 1. The highest BCUT2D eigenvalue weighted by molar-refractivity contribution is 6.31. The van der Waals surface area contributed by atoms with E-state index in [9.17, 15) is 9.59 Å². The smallest absolute Gasteiger partial charge is 0.339 e. The topological polar surface area (TPSA) is 75.6 Å². The van der Waals surface area contributed by atoms with Crippen LogP contribution in [0.5, 0.6) is 5.75 Å². The van der Waals surface area contributed by atoms with Gasteiger partial charge in [0.1, 0.15) is 11.3 Å². The molecule has 0 radical (unpaired) electrons. The normalized spacial score (nSPS) is 15.5. The number of hydrogen-bond donors (Lipinski definition) is 2. The molecule has 1 amide bonds. The molecule has 1 fully saturated rings. The molecule has 1 aromatic rings. The summed E-state index contributed by atoms with van der Waals surface area (Å²) in [6.07, 6.45) is 5.47. The van der Waals surface area contributed by atoms with Gasteiger partial charge in [0.05, 0.1) is 0 Å². The van der Waals surface area contributed by atoms with E-state index in [-0.39, 0.29) is 29.9 Å². The number of carboxylic acids is 1. The predicted octanol–water partition coefficient (Wildman–Crippen LogP) is 2.87. The first-order valence-electron chi connectivity index (χ1n) is 7.01. The van der Waals surface area contributed by atoms with Gasteiger partial charge in [0, 0.05) is 11.1 Å². The number of nitrogens with one attached hydrogen (secondary N) is 1. The van der Waals surface area contributed by atoms with Gasteiger partial charge in [-0.3, -0.25) is 4.79 Å². The van der Waals surface area contributed by atoms with Crippen LogP contribution in [0.4, 0.5) is 0 Å². The van der Waals surface area contributed by atoms with Crippen molar-refractivity contribution in [1.82, 2.24) is 5.32 Å². The van der Waals surface area contributed by atoms with Crippen LogP contribution in [-0.4, -0.2) is 29.6 Å². The predicted molar refractivity (Wildman–Crippen MR) is 78.9 cm³/mol. The van der Waals surface area contributed by atoms with Crippen molar-refractivity contribution in [3.63, 3.8) is 0 Å². The molecule has 1 saturated carbocycles. The molecule has 0 heterocycles. The second-order valence-electron chi connectivity index (χ2n) is 5.14. The fourth-order valence-electron chi connectivity index (χ4n) is 2.45. The highest BCUT2D eigenvalue weighted by Crippen LogP contribution is 2.23. The summed E-state index contributed by atoms with van der Waals surface area (Å²) in [6.45, 7) is -0.196. The molecule has 0 aliphatic heterocycles. The maximum Gasteiger partial charge on any atom is 0.339 e. The number of amides is 1. The van der Waals surface area contributed by atoms with Crippen molar-refractivity contribution in [1.29, 1.82) is 0 Å². The van der Waals surface area contributed by atoms with Crippen LogP contribution in [0, 0.1) is 0 Å². The van der Waals surface area contributed by atoms with Crippen molar-refractivity contribution in [3.05, 3.63) is 28.8 Å². The zero-order valence-corrected chi connectivity index (χ0v) is 12.4. The van der Waals surface area contributed by atoms with Crippen molar-refractivity contribution in [2.45, 2.75) is 38.1 Å². The van der Waals surface area contributed by atoms with Crippen molar-refractivity contribution in [2.24, 2.45) is 0 Å². The zero-order chi connectivity index (χ0) is 15.2. The summed E-state index contributed by atoms with van der Waals surface area (Å²) in [6, 6.07) is 4.50. The zero-order valence-electron chi connectivity index (χ0n) is 11.6.